The van der Waals surface area contributed by atoms with Gasteiger partial charge >= 0.3 is 0 Å². The van der Waals surface area contributed by atoms with Gasteiger partial charge < -0.3 is 9.64 Å². The van der Waals surface area contributed by atoms with E-state index in [1.807, 2.05) is 38.4 Å². The van der Waals surface area contributed by atoms with Crippen LogP contribution in [0.2, 0.25) is 0 Å². The van der Waals surface area contributed by atoms with E-state index in [2.05, 4.69) is 40.2 Å². The molecule has 2 aromatic carbocycles. The van der Waals surface area contributed by atoms with E-state index in [0.29, 0.717) is 5.88 Å². The summed E-state index contributed by atoms with van der Waals surface area (Å²) in [5.41, 5.74) is 1.17. The van der Waals surface area contributed by atoms with Crippen LogP contribution in [-0.2, 0) is 0 Å². The first-order valence-corrected chi connectivity index (χ1v) is 6.53. The normalized spacial score (nSPS) is 10.5. The van der Waals surface area contributed by atoms with Gasteiger partial charge in [0.25, 0.3) is 0 Å². The van der Waals surface area contributed by atoms with Crippen molar-refractivity contribution in [1.82, 2.24) is 4.98 Å². The Kier molecular flexibility index (Phi) is 3.25. The predicted octanol–water partition coefficient (Wildman–Crippen LogP) is 4.09. The van der Waals surface area contributed by atoms with Crippen molar-refractivity contribution < 1.29 is 4.74 Å². The number of ether oxygens (including phenoxy) is 1. The summed E-state index contributed by atoms with van der Waals surface area (Å²) in [5.74, 6) is 1.40. The van der Waals surface area contributed by atoms with E-state index in [1.165, 1.54) is 16.5 Å². The summed E-state index contributed by atoms with van der Waals surface area (Å²) in [5, 5.41) is 2.37. The second kappa shape index (κ2) is 5.21. The van der Waals surface area contributed by atoms with Crippen molar-refractivity contribution in [2.45, 2.75) is 0 Å². The molecule has 3 nitrogen and oxygen atoms in total. The third-order valence-corrected chi connectivity index (χ3v) is 3.17. The van der Waals surface area contributed by atoms with Gasteiger partial charge in [-0.1, -0.05) is 24.3 Å². The van der Waals surface area contributed by atoms with Gasteiger partial charge in [0, 0.05) is 37.4 Å². The SMILES string of the molecule is CN(C)c1cccc2ccc(Oc3ccccn3)cc12. The Labute approximate surface area is 118 Å². The zero-order valence-electron chi connectivity index (χ0n) is 11.6. The molecule has 0 bridgehead atoms. The molecule has 0 spiro atoms. The molecule has 0 atom stereocenters. The topological polar surface area (TPSA) is 25.4 Å². The number of hydrogen-bond donors (Lipinski definition) is 0. The molecule has 20 heavy (non-hydrogen) atoms. The van der Waals surface area contributed by atoms with E-state index in [9.17, 15) is 0 Å². The van der Waals surface area contributed by atoms with Crippen molar-refractivity contribution in [3.63, 3.8) is 0 Å². The number of pyridine rings is 1. The standard InChI is InChI=1S/C17H16N2O/c1-19(2)16-7-5-6-13-9-10-14(12-15(13)16)20-17-8-3-4-11-18-17/h3-12H,1-2H3. The van der Waals surface area contributed by atoms with E-state index < -0.39 is 0 Å². The molecule has 3 heteroatoms. The molecule has 1 heterocycles. The average molecular weight is 264 g/mol. The van der Waals surface area contributed by atoms with E-state index >= 15 is 0 Å². The fourth-order valence-electron chi connectivity index (χ4n) is 2.22. The highest BCUT2D eigenvalue weighted by atomic mass is 16.5. The fraction of sp³-hybridized carbons (Fsp3) is 0.118. The van der Waals surface area contributed by atoms with Crippen molar-refractivity contribution in [2.75, 3.05) is 19.0 Å². The molecule has 0 unspecified atom stereocenters. The Balaban J connectivity index is 2.03. The zero-order chi connectivity index (χ0) is 13.9. The summed E-state index contributed by atoms with van der Waals surface area (Å²) in [7, 11) is 4.09. The van der Waals surface area contributed by atoms with Crippen LogP contribution in [0.5, 0.6) is 11.6 Å². The van der Waals surface area contributed by atoms with Crippen LogP contribution in [0, 0.1) is 0 Å². The van der Waals surface area contributed by atoms with E-state index in [4.69, 9.17) is 4.74 Å². The summed E-state index contributed by atoms with van der Waals surface area (Å²) in [6.45, 7) is 0. The number of rotatable bonds is 3. The quantitative estimate of drug-likeness (QED) is 0.712. The third-order valence-electron chi connectivity index (χ3n) is 3.17. The highest BCUT2D eigenvalue weighted by molar-refractivity contribution is 5.95. The predicted molar refractivity (Wildman–Crippen MR) is 82.6 cm³/mol. The van der Waals surface area contributed by atoms with Crippen molar-refractivity contribution >= 4 is 16.5 Å². The Morgan fingerprint density at radius 3 is 2.60 bits per heavy atom. The summed E-state index contributed by atoms with van der Waals surface area (Å²) in [6.07, 6.45) is 1.72. The summed E-state index contributed by atoms with van der Waals surface area (Å²) in [6, 6.07) is 18.0. The molecule has 0 aliphatic heterocycles. The molecule has 1 aromatic heterocycles. The number of nitrogens with zero attached hydrogens (tertiary/aromatic N) is 2. The second-order valence-corrected chi connectivity index (χ2v) is 4.82. The van der Waals surface area contributed by atoms with Gasteiger partial charge in [-0.05, 0) is 29.7 Å². The maximum absolute atomic E-state index is 5.79. The Morgan fingerprint density at radius 1 is 0.950 bits per heavy atom. The van der Waals surface area contributed by atoms with Gasteiger partial charge in [0.15, 0.2) is 0 Å². The molecule has 0 N–H and O–H groups in total. The fourth-order valence-corrected chi connectivity index (χ4v) is 2.22. The maximum Gasteiger partial charge on any atom is 0.219 e. The first-order chi connectivity index (χ1) is 9.74. The monoisotopic (exact) mass is 264 g/mol. The lowest BCUT2D eigenvalue weighted by atomic mass is 10.1. The molecule has 0 amide bonds. The van der Waals surface area contributed by atoms with Crippen LogP contribution < -0.4 is 9.64 Å². The van der Waals surface area contributed by atoms with Crippen molar-refractivity contribution in [1.29, 1.82) is 0 Å². The lowest BCUT2D eigenvalue weighted by Crippen LogP contribution is -2.08. The Hall–Kier alpha value is -2.55. The lowest BCUT2D eigenvalue weighted by molar-refractivity contribution is 0.463. The number of hydrogen-bond acceptors (Lipinski definition) is 3. The first kappa shape index (κ1) is 12.5. The van der Waals surface area contributed by atoms with Crippen LogP contribution in [0.1, 0.15) is 0 Å². The first-order valence-electron chi connectivity index (χ1n) is 6.53. The highest BCUT2D eigenvalue weighted by Gasteiger charge is 2.05. The minimum atomic E-state index is 0.606. The van der Waals surface area contributed by atoms with Crippen molar-refractivity contribution in [2.24, 2.45) is 0 Å². The maximum atomic E-state index is 5.79. The molecule has 0 radical (unpaired) electrons. The number of anilines is 1. The molecular weight excluding hydrogens is 248 g/mol. The Morgan fingerprint density at radius 2 is 1.85 bits per heavy atom. The van der Waals surface area contributed by atoms with Crippen LogP contribution in [0.25, 0.3) is 10.8 Å². The van der Waals surface area contributed by atoms with Gasteiger partial charge in [0.1, 0.15) is 5.75 Å². The molecule has 3 rings (SSSR count). The molecule has 0 saturated heterocycles. The number of fused-ring (bicyclic) bond motifs is 1. The van der Waals surface area contributed by atoms with Crippen LogP contribution in [-0.4, -0.2) is 19.1 Å². The Bertz CT molecular complexity index is 723. The molecule has 3 aromatic rings. The smallest absolute Gasteiger partial charge is 0.219 e. The average Bonchev–Trinajstić information content (AvgIpc) is 2.47. The second-order valence-electron chi connectivity index (χ2n) is 4.82. The number of benzene rings is 2. The van der Waals surface area contributed by atoms with Gasteiger partial charge in [0.2, 0.25) is 5.88 Å². The summed E-state index contributed by atoms with van der Waals surface area (Å²) >= 11 is 0. The van der Waals surface area contributed by atoms with Crippen LogP contribution in [0.15, 0.2) is 60.8 Å². The summed E-state index contributed by atoms with van der Waals surface area (Å²) in [4.78, 5) is 6.28. The summed E-state index contributed by atoms with van der Waals surface area (Å²) < 4.78 is 5.79. The largest absolute Gasteiger partial charge is 0.439 e. The van der Waals surface area contributed by atoms with Gasteiger partial charge in [-0.3, -0.25) is 0 Å². The highest BCUT2D eigenvalue weighted by Crippen LogP contribution is 2.30. The number of aromatic nitrogens is 1. The minimum absolute atomic E-state index is 0.606. The third kappa shape index (κ3) is 2.43. The van der Waals surface area contributed by atoms with Gasteiger partial charge in [0.05, 0.1) is 0 Å². The van der Waals surface area contributed by atoms with Crippen molar-refractivity contribution in [3.8, 4) is 11.6 Å². The zero-order valence-corrected chi connectivity index (χ0v) is 11.6. The molecular formula is C17H16N2O. The molecule has 0 saturated carbocycles. The molecule has 0 aliphatic rings. The van der Waals surface area contributed by atoms with Crippen LogP contribution in [0.3, 0.4) is 0 Å². The lowest BCUT2D eigenvalue weighted by Gasteiger charge is -2.16. The minimum Gasteiger partial charge on any atom is -0.439 e. The van der Waals surface area contributed by atoms with Gasteiger partial charge in [-0.2, -0.15) is 0 Å². The van der Waals surface area contributed by atoms with E-state index in [0.717, 1.165) is 5.75 Å². The van der Waals surface area contributed by atoms with Gasteiger partial charge in [-0.15, -0.1) is 0 Å². The molecule has 100 valence electrons. The van der Waals surface area contributed by atoms with E-state index in [1.54, 1.807) is 6.20 Å². The molecule has 0 fully saturated rings. The van der Waals surface area contributed by atoms with E-state index in [-0.39, 0.29) is 0 Å². The van der Waals surface area contributed by atoms with Crippen LogP contribution >= 0.6 is 0 Å². The van der Waals surface area contributed by atoms with Gasteiger partial charge in [-0.25, -0.2) is 4.98 Å². The van der Waals surface area contributed by atoms with Crippen LogP contribution in [0.4, 0.5) is 5.69 Å². The molecule has 0 aliphatic carbocycles. The van der Waals surface area contributed by atoms with Crippen molar-refractivity contribution in [3.05, 3.63) is 60.8 Å².